The molecule has 0 spiro atoms. The van der Waals surface area contributed by atoms with Crippen molar-refractivity contribution < 1.29 is 14.0 Å². The summed E-state index contributed by atoms with van der Waals surface area (Å²) in [5, 5.41) is 2.97. The van der Waals surface area contributed by atoms with Gasteiger partial charge in [-0.25, -0.2) is 4.39 Å². The molecular formula is C23H29FN2O2. The van der Waals surface area contributed by atoms with Gasteiger partial charge in [-0.05, 0) is 35.6 Å². The van der Waals surface area contributed by atoms with Gasteiger partial charge in [-0.2, -0.15) is 0 Å². The molecule has 2 amide bonds. The number of rotatable bonds is 9. The van der Waals surface area contributed by atoms with Gasteiger partial charge in [0, 0.05) is 19.5 Å². The Hall–Kier alpha value is -2.69. The lowest BCUT2D eigenvalue weighted by Gasteiger charge is -2.31. The zero-order chi connectivity index (χ0) is 20.5. The van der Waals surface area contributed by atoms with Gasteiger partial charge in [0.15, 0.2) is 0 Å². The maximum absolute atomic E-state index is 13.3. The molecule has 0 aliphatic carbocycles. The molecule has 1 atom stereocenters. The molecule has 28 heavy (non-hydrogen) atoms. The molecule has 0 aromatic heterocycles. The average molecular weight is 384 g/mol. The van der Waals surface area contributed by atoms with Gasteiger partial charge in [-0.3, -0.25) is 9.59 Å². The lowest BCUT2D eigenvalue weighted by Crippen LogP contribution is -2.43. The molecule has 0 saturated carbocycles. The summed E-state index contributed by atoms with van der Waals surface area (Å²) in [6.07, 6.45) is 1.15. The lowest BCUT2D eigenvalue weighted by atomic mass is 10.0. The number of nitrogens with zero attached hydrogens (tertiary/aromatic N) is 1. The first-order valence-electron chi connectivity index (χ1n) is 9.79. The molecule has 2 rings (SSSR count). The molecule has 2 aromatic rings. The SMILES string of the molecule is CCC(=O)N(Cc1ccc(F)cc1)C(C(=O)NCCC(C)C)c1ccccc1. The van der Waals surface area contributed by atoms with Crippen LogP contribution in [-0.4, -0.2) is 23.3 Å². The van der Waals surface area contributed by atoms with E-state index >= 15 is 0 Å². The number of carbonyl (C=O) groups excluding carboxylic acids is 2. The summed E-state index contributed by atoms with van der Waals surface area (Å²) in [5.74, 6) is -0.181. The Labute approximate surface area is 166 Å². The van der Waals surface area contributed by atoms with Crippen molar-refractivity contribution in [2.24, 2.45) is 5.92 Å². The van der Waals surface area contributed by atoms with Crippen molar-refractivity contribution in [3.05, 3.63) is 71.5 Å². The second kappa shape index (κ2) is 10.6. The highest BCUT2D eigenvalue weighted by Crippen LogP contribution is 2.24. The molecule has 0 heterocycles. The number of benzene rings is 2. The topological polar surface area (TPSA) is 49.4 Å². The Morgan fingerprint density at radius 2 is 1.68 bits per heavy atom. The van der Waals surface area contributed by atoms with Crippen molar-refractivity contribution in [2.75, 3.05) is 6.54 Å². The second-order valence-electron chi connectivity index (χ2n) is 7.29. The standard InChI is InChI=1S/C23H29FN2O2/c1-4-21(27)26(16-18-10-12-20(24)13-11-18)22(19-8-6-5-7-9-19)23(28)25-15-14-17(2)3/h5-13,17,22H,4,14-16H2,1-3H3,(H,25,28). The molecule has 1 unspecified atom stereocenters. The van der Waals surface area contributed by atoms with Gasteiger partial charge >= 0.3 is 0 Å². The highest BCUT2D eigenvalue weighted by atomic mass is 19.1. The van der Waals surface area contributed by atoms with E-state index in [2.05, 4.69) is 19.2 Å². The molecule has 150 valence electrons. The minimum Gasteiger partial charge on any atom is -0.354 e. The maximum atomic E-state index is 13.3. The molecule has 0 aliphatic heterocycles. The Balaban J connectivity index is 2.33. The van der Waals surface area contributed by atoms with E-state index in [0.29, 0.717) is 12.5 Å². The molecule has 2 aromatic carbocycles. The van der Waals surface area contributed by atoms with Gasteiger partial charge in [0.25, 0.3) is 0 Å². The zero-order valence-corrected chi connectivity index (χ0v) is 16.8. The third-order valence-corrected chi connectivity index (χ3v) is 4.59. The Bertz CT molecular complexity index is 760. The summed E-state index contributed by atoms with van der Waals surface area (Å²) in [6.45, 7) is 6.78. The first kappa shape index (κ1) is 21.6. The van der Waals surface area contributed by atoms with Gasteiger partial charge in [-0.15, -0.1) is 0 Å². The Kier molecular flexibility index (Phi) is 8.18. The largest absolute Gasteiger partial charge is 0.354 e. The van der Waals surface area contributed by atoms with Crippen LogP contribution in [0, 0.1) is 11.7 Å². The van der Waals surface area contributed by atoms with E-state index in [1.165, 1.54) is 12.1 Å². The van der Waals surface area contributed by atoms with Crippen molar-refractivity contribution in [1.82, 2.24) is 10.2 Å². The fourth-order valence-electron chi connectivity index (χ4n) is 3.00. The summed E-state index contributed by atoms with van der Waals surface area (Å²) in [7, 11) is 0. The molecule has 1 N–H and O–H groups in total. The van der Waals surface area contributed by atoms with Crippen LogP contribution >= 0.6 is 0 Å². The zero-order valence-electron chi connectivity index (χ0n) is 16.8. The van der Waals surface area contributed by atoms with Crippen LogP contribution in [-0.2, 0) is 16.1 Å². The molecule has 4 nitrogen and oxygen atoms in total. The predicted molar refractivity (Wildman–Crippen MR) is 109 cm³/mol. The van der Waals surface area contributed by atoms with E-state index < -0.39 is 6.04 Å². The van der Waals surface area contributed by atoms with Crippen molar-refractivity contribution in [2.45, 2.75) is 46.2 Å². The number of hydrogen-bond acceptors (Lipinski definition) is 2. The van der Waals surface area contributed by atoms with Crippen LogP contribution in [0.5, 0.6) is 0 Å². The monoisotopic (exact) mass is 384 g/mol. The first-order valence-corrected chi connectivity index (χ1v) is 9.79. The van der Waals surface area contributed by atoms with Crippen LogP contribution in [0.3, 0.4) is 0 Å². The molecule has 0 aliphatic rings. The van der Waals surface area contributed by atoms with Gasteiger partial charge in [0.2, 0.25) is 11.8 Å². The highest BCUT2D eigenvalue weighted by Gasteiger charge is 2.30. The van der Waals surface area contributed by atoms with Crippen LogP contribution < -0.4 is 5.32 Å². The van der Waals surface area contributed by atoms with Crippen LogP contribution in [0.1, 0.15) is 50.8 Å². The van der Waals surface area contributed by atoms with E-state index in [9.17, 15) is 14.0 Å². The Morgan fingerprint density at radius 3 is 2.25 bits per heavy atom. The third-order valence-electron chi connectivity index (χ3n) is 4.59. The normalized spacial score (nSPS) is 11.9. The first-order chi connectivity index (χ1) is 13.4. The average Bonchev–Trinajstić information content (AvgIpc) is 2.69. The minimum atomic E-state index is -0.731. The van der Waals surface area contributed by atoms with E-state index in [1.54, 1.807) is 24.0 Å². The quantitative estimate of drug-likeness (QED) is 0.694. The van der Waals surface area contributed by atoms with E-state index in [-0.39, 0.29) is 30.6 Å². The van der Waals surface area contributed by atoms with Crippen LogP contribution in [0.25, 0.3) is 0 Å². The number of carbonyl (C=O) groups is 2. The highest BCUT2D eigenvalue weighted by molar-refractivity contribution is 5.88. The summed E-state index contributed by atoms with van der Waals surface area (Å²) in [4.78, 5) is 27.4. The second-order valence-corrected chi connectivity index (χ2v) is 7.29. The van der Waals surface area contributed by atoms with Crippen molar-refractivity contribution in [3.63, 3.8) is 0 Å². The summed E-state index contributed by atoms with van der Waals surface area (Å²) < 4.78 is 13.3. The molecule has 5 heteroatoms. The molecule has 0 radical (unpaired) electrons. The van der Waals surface area contributed by atoms with Crippen molar-refractivity contribution in [1.29, 1.82) is 0 Å². The van der Waals surface area contributed by atoms with E-state index in [1.807, 2.05) is 30.3 Å². The summed E-state index contributed by atoms with van der Waals surface area (Å²) in [5.41, 5.74) is 1.53. The third kappa shape index (κ3) is 6.19. The molecule has 0 bridgehead atoms. The molecule has 0 saturated heterocycles. The fourth-order valence-corrected chi connectivity index (χ4v) is 3.00. The lowest BCUT2D eigenvalue weighted by molar-refractivity contribution is -0.141. The smallest absolute Gasteiger partial charge is 0.247 e. The Morgan fingerprint density at radius 1 is 1.04 bits per heavy atom. The van der Waals surface area contributed by atoms with E-state index in [0.717, 1.165) is 17.5 Å². The summed E-state index contributed by atoms with van der Waals surface area (Å²) in [6, 6.07) is 14.6. The van der Waals surface area contributed by atoms with Crippen molar-refractivity contribution in [3.8, 4) is 0 Å². The van der Waals surface area contributed by atoms with Crippen molar-refractivity contribution >= 4 is 11.8 Å². The van der Waals surface area contributed by atoms with Gasteiger partial charge in [0.05, 0.1) is 0 Å². The fraction of sp³-hybridized carbons (Fsp3) is 0.391. The maximum Gasteiger partial charge on any atom is 0.247 e. The van der Waals surface area contributed by atoms with Gasteiger partial charge in [-0.1, -0.05) is 63.2 Å². The number of halogens is 1. The van der Waals surface area contributed by atoms with E-state index in [4.69, 9.17) is 0 Å². The number of hydrogen-bond donors (Lipinski definition) is 1. The van der Waals surface area contributed by atoms with Crippen LogP contribution in [0.2, 0.25) is 0 Å². The predicted octanol–water partition coefficient (Wildman–Crippen LogP) is 4.47. The van der Waals surface area contributed by atoms with Crippen LogP contribution in [0.15, 0.2) is 54.6 Å². The minimum absolute atomic E-state index is 0.128. The number of amides is 2. The molecule has 0 fully saturated rings. The van der Waals surface area contributed by atoms with Gasteiger partial charge < -0.3 is 10.2 Å². The number of nitrogens with one attached hydrogen (secondary N) is 1. The summed E-state index contributed by atoms with van der Waals surface area (Å²) >= 11 is 0. The van der Waals surface area contributed by atoms with Crippen LogP contribution in [0.4, 0.5) is 4.39 Å². The van der Waals surface area contributed by atoms with Gasteiger partial charge in [0.1, 0.15) is 11.9 Å². The molecular weight excluding hydrogens is 355 g/mol.